The molecule has 2 aromatic rings. The molecule has 0 aromatic carbocycles. The van der Waals surface area contributed by atoms with Gasteiger partial charge in [0, 0.05) is 6.20 Å². The van der Waals surface area contributed by atoms with E-state index in [1.54, 1.807) is 24.4 Å². The van der Waals surface area contributed by atoms with Crippen LogP contribution in [-0.4, -0.2) is 31.6 Å². The van der Waals surface area contributed by atoms with Crippen LogP contribution in [0.15, 0.2) is 52.1 Å². The van der Waals surface area contributed by atoms with Crippen LogP contribution in [0.1, 0.15) is 20.3 Å². The van der Waals surface area contributed by atoms with Gasteiger partial charge in [-0.15, -0.1) is 5.10 Å². The first-order valence-electron chi connectivity index (χ1n) is 8.03. The predicted octanol–water partition coefficient (Wildman–Crippen LogP) is 0.977. The maximum Gasteiger partial charge on any atom is 0.350 e. The van der Waals surface area contributed by atoms with E-state index in [1.807, 2.05) is 26.0 Å². The Morgan fingerprint density at radius 1 is 1.32 bits per heavy atom. The van der Waals surface area contributed by atoms with Crippen molar-refractivity contribution in [1.82, 2.24) is 24.6 Å². The average Bonchev–Trinajstić information content (AvgIpc) is 2.96. The number of nitrogens with one attached hydrogen (secondary N) is 1. The number of nitrogens with zero attached hydrogens (tertiary/aromatic N) is 5. The van der Waals surface area contributed by atoms with Gasteiger partial charge in [-0.3, -0.25) is 14.6 Å². The van der Waals surface area contributed by atoms with Crippen molar-refractivity contribution in [3.05, 3.63) is 57.8 Å². The summed E-state index contributed by atoms with van der Waals surface area (Å²) < 4.78 is 2.75. The van der Waals surface area contributed by atoms with E-state index in [-0.39, 0.29) is 30.3 Å². The molecule has 1 aliphatic rings. The second kappa shape index (κ2) is 6.65. The second-order valence-electron chi connectivity index (χ2n) is 5.52. The van der Waals surface area contributed by atoms with Gasteiger partial charge >= 0.3 is 5.69 Å². The van der Waals surface area contributed by atoms with Crippen LogP contribution in [0.25, 0.3) is 5.65 Å². The molecule has 8 nitrogen and oxygen atoms in total. The molecule has 8 heteroatoms. The number of amides is 1. The highest BCUT2D eigenvalue weighted by molar-refractivity contribution is 5.99. The Morgan fingerprint density at radius 3 is 2.76 bits per heavy atom. The number of nitriles is 1. The first-order chi connectivity index (χ1) is 12.1. The summed E-state index contributed by atoms with van der Waals surface area (Å²) in [6, 6.07) is 7.30. The van der Waals surface area contributed by atoms with E-state index in [9.17, 15) is 14.9 Å². The van der Waals surface area contributed by atoms with E-state index in [4.69, 9.17) is 0 Å². The number of pyridine rings is 1. The lowest BCUT2D eigenvalue weighted by atomic mass is 10.0. The molecule has 0 aliphatic carbocycles. The first-order valence-corrected chi connectivity index (χ1v) is 8.03. The fraction of sp³-hybridized carbons (Fsp3) is 0.294. The normalized spacial score (nSPS) is 16.4. The summed E-state index contributed by atoms with van der Waals surface area (Å²) in [5.74, 6) is -0.387. The molecule has 25 heavy (non-hydrogen) atoms. The molecule has 0 bridgehead atoms. The van der Waals surface area contributed by atoms with Crippen molar-refractivity contribution in [3.8, 4) is 6.07 Å². The smallest absolute Gasteiger partial charge is 0.296 e. The van der Waals surface area contributed by atoms with Gasteiger partial charge in [0.15, 0.2) is 5.65 Å². The summed E-state index contributed by atoms with van der Waals surface area (Å²) in [5, 5.41) is 14.9. The minimum Gasteiger partial charge on any atom is -0.296 e. The molecule has 0 saturated carbocycles. The van der Waals surface area contributed by atoms with Gasteiger partial charge in [0.1, 0.15) is 11.6 Å². The molecular formula is C17H18N6O2. The van der Waals surface area contributed by atoms with E-state index in [0.717, 1.165) is 5.70 Å². The fourth-order valence-corrected chi connectivity index (χ4v) is 2.85. The van der Waals surface area contributed by atoms with Crippen molar-refractivity contribution in [2.75, 3.05) is 6.54 Å². The van der Waals surface area contributed by atoms with Crippen LogP contribution in [-0.2, 0) is 11.3 Å². The largest absolute Gasteiger partial charge is 0.350 e. The summed E-state index contributed by atoms with van der Waals surface area (Å²) in [6.07, 6.45) is 4.06. The molecule has 3 rings (SSSR count). The molecule has 0 radical (unpaired) electrons. The van der Waals surface area contributed by atoms with E-state index in [2.05, 4.69) is 10.5 Å². The monoisotopic (exact) mass is 338 g/mol. The van der Waals surface area contributed by atoms with Gasteiger partial charge in [-0.1, -0.05) is 19.1 Å². The number of carbonyl (C=O) groups excluding carboxylic acids is 1. The molecule has 0 unspecified atom stereocenters. The van der Waals surface area contributed by atoms with Crippen LogP contribution < -0.4 is 11.1 Å². The molecule has 2 aromatic heterocycles. The van der Waals surface area contributed by atoms with Gasteiger partial charge in [-0.2, -0.15) is 5.26 Å². The third-order valence-corrected chi connectivity index (χ3v) is 4.12. The highest BCUT2D eigenvalue weighted by Gasteiger charge is 2.29. The Balaban J connectivity index is 1.85. The number of hydrogen-bond donors (Lipinski definition) is 1. The SMILES string of the molecule is C/C=C1/NN(CCn2nc3ccccn3c2=O)C(=O)C(C#N)=C1CC. The van der Waals surface area contributed by atoms with Gasteiger partial charge in [0.05, 0.1) is 18.8 Å². The second-order valence-corrected chi connectivity index (χ2v) is 5.52. The molecule has 1 amide bonds. The molecule has 0 saturated heterocycles. The summed E-state index contributed by atoms with van der Waals surface area (Å²) in [4.78, 5) is 24.8. The fourth-order valence-electron chi connectivity index (χ4n) is 2.85. The summed E-state index contributed by atoms with van der Waals surface area (Å²) >= 11 is 0. The van der Waals surface area contributed by atoms with Gasteiger partial charge < -0.3 is 0 Å². The highest BCUT2D eigenvalue weighted by Crippen LogP contribution is 2.22. The van der Waals surface area contributed by atoms with Gasteiger partial charge in [0.25, 0.3) is 5.91 Å². The number of allylic oxidation sites excluding steroid dienone is 2. The van der Waals surface area contributed by atoms with Crippen molar-refractivity contribution in [1.29, 1.82) is 5.26 Å². The van der Waals surface area contributed by atoms with Crippen LogP contribution in [0.3, 0.4) is 0 Å². The summed E-state index contributed by atoms with van der Waals surface area (Å²) in [7, 11) is 0. The van der Waals surface area contributed by atoms with Gasteiger partial charge in [0.2, 0.25) is 0 Å². The molecule has 0 fully saturated rings. The Morgan fingerprint density at radius 2 is 2.12 bits per heavy atom. The lowest BCUT2D eigenvalue weighted by Gasteiger charge is -2.31. The number of hydrazine groups is 1. The molecular weight excluding hydrogens is 320 g/mol. The van der Waals surface area contributed by atoms with E-state index < -0.39 is 0 Å². The molecule has 0 spiro atoms. The third kappa shape index (κ3) is 2.80. The maximum atomic E-state index is 12.5. The van der Waals surface area contributed by atoms with Gasteiger partial charge in [-0.25, -0.2) is 14.5 Å². The van der Waals surface area contributed by atoms with Crippen molar-refractivity contribution < 1.29 is 4.79 Å². The van der Waals surface area contributed by atoms with Crippen LogP contribution in [0.4, 0.5) is 0 Å². The number of rotatable bonds is 4. The number of fused-ring (bicyclic) bond motifs is 1. The average molecular weight is 338 g/mol. The van der Waals surface area contributed by atoms with E-state index >= 15 is 0 Å². The zero-order valence-electron chi connectivity index (χ0n) is 14.1. The van der Waals surface area contributed by atoms with Crippen molar-refractivity contribution >= 4 is 11.6 Å². The van der Waals surface area contributed by atoms with E-state index in [1.165, 1.54) is 14.1 Å². The maximum absolute atomic E-state index is 12.5. The third-order valence-electron chi connectivity index (χ3n) is 4.12. The lowest BCUT2D eigenvalue weighted by Crippen LogP contribution is -2.49. The van der Waals surface area contributed by atoms with E-state index in [0.29, 0.717) is 17.6 Å². The Hall–Kier alpha value is -3.34. The van der Waals surface area contributed by atoms with Crippen molar-refractivity contribution in [3.63, 3.8) is 0 Å². The number of hydrogen-bond acceptors (Lipinski definition) is 5. The van der Waals surface area contributed by atoms with Crippen LogP contribution >= 0.6 is 0 Å². The Labute approximate surface area is 144 Å². The number of carbonyl (C=O) groups is 1. The molecule has 0 atom stereocenters. The standard InChI is InChI=1S/C17H18N6O2/c1-3-12-13(11-18)16(24)22(19-14(12)4-2)9-10-23-17(25)21-8-6-5-7-15(21)20-23/h4-8,19H,3,9-10H2,1-2H3/b14-4+. The van der Waals surface area contributed by atoms with Crippen LogP contribution in [0.5, 0.6) is 0 Å². The summed E-state index contributed by atoms with van der Waals surface area (Å²) in [6.45, 7) is 4.17. The molecule has 3 heterocycles. The molecule has 1 N–H and O–H groups in total. The predicted molar refractivity (Wildman–Crippen MR) is 91.0 cm³/mol. The highest BCUT2D eigenvalue weighted by atomic mass is 16.2. The zero-order chi connectivity index (χ0) is 18.0. The van der Waals surface area contributed by atoms with Gasteiger partial charge in [-0.05, 0) is 31.1 Å². The van der Waals surface area contributed by atoms with Crippen molar-refractivity contribution in [2.45, 2.75) is 26.8 Å². The lowest BCUT2D eigenvalue weighted by molar-refractivity contribution is -0.130. The topological polar surface area (TPSA) is 95.4 Å². The minimum absolute atomic E-state index is 0.136. The first kappa shape index (κ1) is 16.5. The Bertz CT molecular complexity index is 988. The number of aromatic nitrogens is 3. The quantitative estimate of drug-likeness (QED) is 0.896. The zero-order valence-corrected chi connectivity index (χ0v) is 14.1. The summed E-state index contributed by atoms with van der Waals surface area (Å²) in [5.41, 5.74) is 4.88. The Kier molecular flexibility index (Phi) is 4.39. The minimum atomic E-state index is -0.387. The van der Waals surface area contributed by atoms with Crippen molar-refractivity contribution in [2.24, 2.45) is 0 Å². The van der Waals surface area contributed by atoms with Crippen LogP contribution in [0.2, 0.25) is 0 Å². The molecule has 1 aliphatic heterocycles. The van der Waals surface area contributed by atoms with Crippen LogP contribution in [0, 0.1) is 11.3 Å². The molecule has 128 valence electrons.